The zero-order valence-corrected chi connectivity index (χ0v) is 12.7. The zero-order valence-electron chi connectivity index (χ0n) is 11.9. The number of benzene rings is 2. The first kappa shape index (κ1) is 13.6. The van der Waals surface area contributed by atoms with E-state index in [0.29, 0.717) is 18.0 Å². The van der Waals surface area contributed by atoms with E-state index in [-0.39, 0.29) is 0 Å². The fourth-order valence-corrected chi connectivity index (χ4v) is 4.79. The molecule has 0 N–H and O–H groups in total. The van der Waals surface area contributed by atoms with Crippen molar-refractivity contribution in [2.24, 2.45) is 0 Å². The van der Waals surface area contributed by atoms with E-state index in [1.54, 1.807) is 6.07 Å². The molecule has 0 radical (unpaired) electrons. The van der Waals surface area contributed by atoms with Gasteiger partial charge in [0.1, 0.15) is 0 Å². The van der Waals surface area contributed by atoms with Crippen LogP contribution in [0.4, 0.5) is 0 Å². The molecule has 0 bridgehead atoms. The van der Waals surface area contributed by atoms with Crippen LogP contribution in [0.1, 0.15) is 25.0 Å². The van der Waals surface area contributed by atoms with Crippen molar-refractivity contribution in [1.82, 2.24) is 4.31 Å². The number of aryl methyl sites for hydroxylation is 2. The molecule has 0 saturated carbocycles. The standard InChI is InChI=1S/C16H19NO2S/c1-3-17(4-2)20(18,19)15-11-10-13-9-8-12-6-5-7-14(15)16(12)13/h5-7,10-11H,3-4,8-9H2,1-2H3. The third-order valence-electron chi connectivity index (χ3n) is 4.16. The van der Waals surface area contributed by atoms with Gasteiger partial charge in [0.05, 0.1) is 4.90 Å². The second-order valence-electron chi connectivity index (χ2n) is 5.15. The van der Waals surface area contributed by atoms with Crippen LogP contribution in [-0.4, -0.2) is 25.8 Å². The molecule has 0 saturated heterocycles. The molecule has 4 heteroatoms. The number of hydrogen-bond donors (Lipinski definition) is 0. The van der Waals surface area contributed by atoms with Gasteiger partial charge in [-0.25, -0.2) is 8.42 Å². The number of sulfonamides is 1. The molecule has 0 heterocycles. The zero-order chi connectivity index (χ0) is 14.3. The minimum atomic E-state index is -3.40. The van der Waals surface area contributed by atoms with Gasteiger partial charge in [-0.2, -0.15) is 4.31 Å². The molecular weight excluding hydrogens is 270 g/mol. The fraction of sp³-hybridized carbons (Fsp3) is 0.375. The smallest absolute Gasteiger partial charge is 0.207 e. The molecule has 3 rings (SSSR count). The van der Waals surface area contributed by atoms with Crippen molar-refractivity contribution in [2.75, 3.05) is 13.1 Å². The molecule has 0 unspecified atom stereocenters. The summed E-state index contributed by atoms with van der Waals surface area (Å²) in [7, 11) is -3.40. The minimum Gasteiger partial charge on any atom is -0.207 e. The van der Waals surface area contributed by atoms with Gasteiger partial charge in [-0.1, -0.05) is 38.1 Å². The number of hydrogen-bond acceptors (Lipinski definition) is 2. The summed E-state index contributed by atoms with van der Waals surface area (Å²) in [6.45, 7) is 4.76. The SMILES string of the molecule is CCN(CC)S(=O)(=O)c1ccc2c3c(cccc13)CC2. The first-order valence-corrected chi connectivity index (χ1v) is 8.57. The van der Waals surface area contributed by atoms with Crippen molar-refractivity contribution in [2.45, 2.75) is 31.6 Å². The predicted molar refractivity (Wildman–Crippen MR) is 81.5 cm³/mol. The summed E-state index contributed by atoms with van der Waals surface area (Å²) in [6, 6.07) is 9.76. The topological polar surface area (TPSA) is 37.4 Å². The first-order chi connectivity index (χ1) is 9.59. The largest absolute Gasteiger partial charge is 0.243 e. The van der Waals surface area contributed by atoms with Gasteiger partial charge in [0.2, 0.25) is 10.0 Å². The van der Waals surface area contributed by atoms with Crippen LogP contribution in [0.3, 0.4) is 0 Å². The lowest BCUT2D eigenvalue weighted by atomic mass is 10.1. The molecule has 3 nitrogen and oxygen atoms in total. The minimum absolute atomic E-state index is 0.448. The molecule has 0 aliphatic heterocycles. The van der Waals surface area contributed by atoms with Crippen LogP contribution in [0.5, 0.6) is 0 Å². The van der Waals surface area contributed by atoms with Crippen LogP contribution >= 0.6 is 0 Å². The van der Waals surface area contributed by atoms with Gasteiger partial charge in [-0.3, -0.25) is 0 Å². The summed E-state index contributed by atoms with van der Waals surface area (Å²) in [5.74, 6) is 0. The van der Waals surface area contributed by atoms with E-state index in [1.165, 1.54) is 15.4 Å². The average Bonchev–Trinajstić information content (AvgIpc) is 2.85. The molecule has 0 fully saturated rings. The van der Waals surface area contributed by atoms with Crippen molar-refractivity contribution >= 4 is 20.8 Å². The van der Waals surface area contributed by atoms with E-state index in [0.717, 1.165) is 23.6 Å². The molecule has 106 valence electrons. The van der Waals surface area contributed by atoms with Gasteiger partial charge in [0.15, 0.2) is 0 Å². The van der Waals surface area contributed by atoms with E-state index in [4.69, 9.17) is 0 Å². The van der Waals surface area contributed by atoms with Crippen molar-refractivity contribution in [3.8, 4) is 0 Å². The third-order valence-corrected chi connectivity index (χ3v) is 6.27. The van der Waals surface area contributed by atoms with Crippen LogP contribution < -0.4 is 0 Å². The highest BCUT2D eigenvalue weighted by atomic mass is 32.2. The molecular formula is C16H19NO2S. The maximum atomic E-state index is 12.8. The Hall–Kier alpha value is -1.39. The van der Waals surface area contributed by atoms with E-state index in [1.807, 2.05) is 32.0 Å². The summed E-state index contributed by atoms with van der Waals surface area (Å²) in [6.07, 6.45) is 2.03. The molecule has 0 aromatic heterocycles. The quantitative estimate of drug-likeness (QED) is 0.868. The predicted octanol–water partition coefficient (Wildman–Crippen LogP) is 2.97. The maximum absolute atomic E-state index is 12.8. The van der Waals surface area contributed by atoms with Gasteiger partial charge in [-0.15, -0.1) is 0 Å². The monoisotopic (exact) mass is 289 g/mol. The number of nitrogens with zero attached hydrogens (tertiary/aromatic N) is 1. The van der Waals surface area contributed by atoms with E-state index < -0.39 is 10.0 Å². The second kappa shape index (κ2) is 4.86. The fourth-order valence-electron chi connectivity index (χ4n) is 3.15. The Balaban J connectivity index is 2.29. The van der Waals surface area contributed by atoms with Crippen LogP contribution in [0.2, 0.25) is 0 Å². The van der Waals surface area contributed by atoms with Gasteiger partial charge in [0, 0.05) is 18.5 Å². The van der Waals surface area contributed by atoms with Gasteiger partial charge >= 0.3 is 0 Å². The van der Waals surface area contributed by atoms with Crippen molar-refractivity contribution in [3.05, 3.63) is 41.5 Å². The molecule has 0 spiro atoms. The lowest BCUT2D eigenvalue weighted by molar-refractivity contribution is 0.446. The van der Waals surface area contributed by atoms with E-state index >= 15 is 0 Å². The maximum Gasteiger partial charge on any atom is 0.243 e. The highest BCUT2D eigenvalue weighted by molar-refractivity contribution is 7.89. The Labute approximate surface area is 120 Å². The molecule has 20 heavy (non-hydrogen) atoms. The Morgan fingerprint density at radius 2 is 1.65 bits per heavy atom. The normalized spacial score (nSPS) is 14.3. The summed E-state index contributed by atoms with van der Waals surface area (Å²) in [5.41, 5.74) is 2.54. The van der Waals surface area contributed by atoms with Gasteiger partial charge in [0.25, 0.3) is 0 Å². The Bertz CT molecular complexity index is 751. The Kier molecular flexibility index (Phi) is 3.30. The summed E-state index contributed by atoms with van der Waals surface area (Å²) < 4.78 is 27.1. The highest BCUT2D eigenvalue weighted by Crippen LogP contribution is 2.35. The van der Waals surface area contributed by atoms with Crippen LogP contribution in [0.15, 0.2) is 35.2 Å². The molecule has 2 aromatic rings. The van der Waals surface area contributed by atoms with Crippen LogP contribution in [0, 0.1) is 0 Å². The molecule has 0 atom stereocenters. The van der Waals surface area contributed by atoms with Crippen molar-refractivity contribution in [3.63, 3.8) is 0 Å². The Morgan fingerprint density at radius 1 is 1.00 bits per heavy atom. The Morgan fingerprint density at radius 3 is 2.30 bits per heavy atom. The van der Waals surface area contributed by atoms with Crippen LogP contribution in [-0.2, 0) is 22.9 Å². The highest BCUT2D eigenvalue weighted by Gasteiger charge is 2.26. The van der Waals surface area contributed by atoms with Crippen molar-refractivity contribution in [1.29, 1.82) is 0 Å². The van der Waals surface area contributed by atoms with Crippen molar-refractivity contribution < 1.29 is 8.42 Å². The third kappa shape index (κ3) is 1.86. The lowest BCUT2D eigenvalue weighted by Crippen LogP contribution is -2.30. The lowest BCUT2D eigenvalue weighted by Gasteiger charge is -2.20. The summed E-state index contributed by atoms with van der Waals surface area (Å²) in [4.78, 5) is 0.448. The molecule has 1 aliphatic carbocycles. The molecule has 1 aliphatic rings. The van der Waals surface area contributed by atoms with Crippen LogP contribution in [0.25, 0.3) is 10.8 Å². The molecule has 2 aromatic carbocycles. The van der Waals surface area contributed by atoms with Gasteiger partial charge < -0.3 is 0 Å². The average molecular weight is 289 g/mol. The van der Waals surface area contributed by atoms with Gasteiger partial charge in [-0.05, 0) is 35.4 Å². The van der Waals surface area contributed by atoms with E-state index in [9.17, 15) is 8.42 Å². The summed E-state index contributed by atoms with van der Waals surface area (Å²) in [5, 5.41) is 2.03. The molecule has 0 amide bonds. The summed E-state index contributed by atoms with van der Waals surface area (Å²) >= 11 is 0. The number of rotatable bonds is 4. The first-order valence-electron chi connectivity index (χ1n) is 7.13. The van der Waals surface area contributed by atoms with E-state index in [2.05, 4.69) is 6.07 Å². The second-order valence-corrected chi connectivity index (χ2v) is 7.06.